The Bertz CT molecular complexity index is 1290. The third kappa shape index (κ3) is 4.46. The molecule has 4 rings (SSSR count). The molecule has 0 radical (unpaired) electrons. The predicted octanol–water partition coefficient (Wildman–Crippen LogP) is 6.00. The molecule has 0 unspecified atom stereocenters. The summed E-state index contributed by atoms with van der Waals surface area (Å²) >= 11 is 13.3. The number of rotatable bonds is 6. The number of hydrogen-bond acceptors (Lipinski definition) is 4. The first-order valence-electron chi connectivity index (χ1n) is 11.0. The fraction of sp³-hybridized carbons (Fsp3) is 0.308. The number of likely N-dealkylation sites (tertiary alicyclic amines) is 1. The lowest BCUT2D eigenvalue weighted by Crippen LogP contribution is -2.32. The summed E-state index contributed by atoms with van der Waals surface area (Å²) in [4.78, 5) is 26.5. The molecular weight excluding hydrogens is 471 g/mol. The molecule has 174 valence electrons. The van der Waals surface area contributed by atoms with Gasteiger partial charge in [-0.2, -0.15) is 0 Å². The van der Waals surface area contributed by atoms with Crippen LogP contribution in [-0.4, -0.2) is 40.6 Å². The van der Waals surface area contributed by atoms with Crippen LogP contribution >= 0.6 is 23.2 Å². The van der Waals surface area contributed by atoms with E-state index in [4.69, 9.17) is 39.5 Å². The van der Waals surface area contributed by atoms with Crippen LogP contribution in [-0.2, 0) is 17.6 Å². The van der Waals surface area contributed by atoms with Gasteiger partial charge in [0.05, 0.1) is 22.7 Å². The predicted molar refractivity (Wildman–Crippen MR) is 135 cm³/mol. The van der Waals surface area contributed by atoms with Gasteiger partial charge in [0.2, 0.25) is 0 Å². The highest BCUT2D eigenvalue weighted by molar-refractivity contribution is 6.40. The van der Waals surface area contributed by atoms with E-state index in [0.717, 1.165) is 34.0 Å². The van der Waals surface area contributed by atoms with Gasteiger partial charge in [0, 0.05) is 36.5 Å². The molecule has 8 heteroatoms. The fourth-order valence-electron chi connectivity index (χ4n) is 4.43. The number of aryl methyl sites for hydroxylation is 1. The van der Waals surface area contributed by atoms with Crippen molar-refractivity contribution in [2.24, 2.45) is 5.92 Å². The Morgan fingerprint density at radius 1 is 1.35 bits per heavy atom. The van der Waals surface area contributed by atoms with Crippen LogP contribution in [0.2, 0.25) is 10.0 Å². The third-order valence-electron chi connectivity index (χ3n) is 6.20. The number of benzene rings is 2. The lowest BCUT2D eigenvalue weighted by atomic mass is 9.99. The maximum absolute atomic E-state index is 12.0. The van der Waals surface area contributed by atoms with E-state index in [1.807, 2.05) is 31.2 Å². The number of fused-ring (bicyclic) bond motifs is 1. The Labute approximate surface area is 209 Å². The molecule has 6 nitrogen and oxygen atoms in total. The van der Waals surface area contributed by atoms with E-state index in [1.165, 1.54) is 6.08 Å². The summed E-state index contributed by atoms with van der Waals surface area (Å²) in [7, 11) is 1.59. The standard InChI is InChI=1S/C26H24Cl2N4O2/c1-5-16-12-20(34-4)26(28)24(25(16)27)17-7-8-19-18(11-17)13-30-21(31-19)9-15-10-22(29-3)32(14-15)23(33)6-2/h6-8,11-13,15,22H,2,5,9-10,14H2,1,4H3/t15-,22-/m0/s1. The highest BCUT2D eigenvalue weighted by Crippen LogP contribution is 2.43. The minimum atomic E-state index is -0.455. The van der Waals surface area contributed by atoms with Gasteiger partial charge in [0.15, 0.2) is 0 Å². The number of aromatic nitrogens is 2. The van der Waals surface area contributed by atoms with Gasteiger partial charge < -0.3 is 4.74 Å². The monoisotopic (exact) mass is 494 g/mol. The van der Waals surface area contributed by atoms with Crippen molar-refractivity contribution in [2.75, 3.05) is 13.7 Å². The molecule has 1 saturated heterocycles. The Morgan fingerprint density at radius 2 is 2.15 bits per heavy atom. The zero-order valence-electron chi connectivity index (χ0n) is 19.0. The minimum Gasteiger partial charge on any atom is -0.495 e. The van der Waals surface area contributed by atoms with Gasteiger partial charge in [0.25, 0.3) is 5.91 Å². The Hall–Kier alpha value is -3.14. The van der Waals surface area contributed by atoms with Crippen LogP contribution in [0.5, 0.6) is 5.75 Å². The smallest absolute Gasteiger partial charge is 0.301 e. The quantitative estimate of drug-likeness (QED) is 0.311. The summed E-state index contributed by atoms with van der Waals surface area (Å²) in [5, 5.41) is 1.94. The van der Waals surface area contributed by atoms with Crippen molar-refractivity contribution >= 4 is 40.0 Å². The van der Waals surface area contributed by atoms with Crippen LogP contribution in [0.1, 0.15) is 24.7 Å². The SMILES string of the molecule is [C-]#[N+][C@@H]1C[C@H](Cc2ncc3cc(-c4c(Cl)c(CC)cc(OC)c4Cl)ccc3n2)CN1C(=O)C=C. The van der Waals surface area contributed by atoms with Crippen molar-refractivity contribution in [3.8, 4) is 16.9 Å². The van der Waals surface area contributed by atoms with Crippen LogP contribution in [0.25, 0.3) is 26.9 Å². The first-order valence-corrected chi connectivity index (χ1v) is 11.8. The van der Waals surface area contributed by atoms with Crippen molar-refractivity contribution in [2.45, 2.75) is 32.4 Å². The molecule has 0 spiro atoms. The average molecular weight is 495 g/mol. The molecule has 1 fully saturated rings. The summed E-state index contributed by atoms with van der Waals surface area (Å²) < 4.78 is 5.45. The van der Waals surface area contributed by atoms with Gasteiger partial charge in [-0.3, -0.25) is 14.5 Å². The molecule has 0 bridgehead atoms. The average Bonchev–Trinajstić information content (AvgIpc) is 3.26. The molecule has 34 heavy (non-hydrogen) atoms. The first-order chi connectivity index (χ1) is 16.4. The summed E-state index contributed by atoms with van der Waals surface area (Å²) in [6.45, 7) is 13.5. The van der Waals surface area contributed by atoms with E-state index >= 15 is 0 Å². The van der Waals surface area contributed by atoms with Crippen molar-refractivity contribution < 1.29 is 9.53 Å². The topological polar surface area (TPSA) is 59.7 Å². The number of hydrogen-bond donors (Lipinski definition) is 0. The van der Waals surface area contributed by atoms with E-state index in [0.29, 0.717) is 41.0 Å². The van der Waals surface area contributed by atoms with Crippen molar-refractivity contribution in [1.29, 1.82) is 0 Å². The highest BCUT2D eigenvalue weighted by Gasteiger charge is 2.38. The molecule has 1 aromatic heterocycles. The molecule has 3 aromatic rings. The molecular formula is C26H24Cl2N4O2. The molecule has 0 N–H and O–H groups in total. The second-order valence-electron chi connectivity index (χ2n) is 8.26. The molecule has 0 aliphatic carbocycles. The molecule has 2 atom stereocenters. The van der Waals surface area contributed by atoms with Gasteiger partial charge in [-0.15, -0.1) is 0 Å². The molecule has 1 aliphatic heterocycles. The van der Waals surface area contributed by atoms with Crippen LogP contribution in [0, 0.1) is 12.5 Å². The van der Waals surface area contributed by atoms with Gasteiger partial charge in [-0.25, -0.2) is 16.5 Å². The molecule has 2 heterocycles. The number of ether oxygens (including phenoxy) is 1. The number of carbonyl (C=O) groups is 1. The van der Waals surface area contributed by atoms with Crippen molar-refractivity contribution in [1.82, 2.24) is 14.9 Å². The molecule has 1 amide bonds. The van der Waals surface area contributed by atoms with Gasteiger partial charge >= 0.3 is 6.17 Å². The third-order valence-corrected chi connectivity index (χ3v) is 7.01. The highest BCUT2D eigenvalue weighted by atomic mass is 35.5. The van der Waals surface area contributed by atoms with Crippen LogP contribution in [0.15, 0.2) is 43.1 Å². The lowest BCUT2D eigenvalue weighted by Gasteiger charge is -2.15. The summed E-state index contributed by atoms with van der Waals surface area (Å²) in [5.74, 6) is 1.19. The molecule has 2 aromatic carbocycles. The maximum atomic E-state index is 12.0. The second-order valence-corrected chi connectivity index (χ2v) is 9.02. The number of halogens is 2. The van der Waals surface area contributed by atoms with Crippen LogP contribution in [0.4, 0.5) is 0 Å². The van der Waals surface area contributed by atoms with Gasteiger partial charge in [0.1, 0.15) is 11.6 Å². The number of amides is 1. The number of carbonyl (C=O) groups excluding carboxylic acids is 1. The lowest BCUT2D eigenvalue weighted by molar-refractivity contribution is -0.126. The fourth-order valence-corrected chi connectivity index (χ4v) is 5.21. The minimum absolute atomic E-state index is 0.126. The van der Waals surface area contributed by atoms with E-state index in [-0.39, 0.29) is 11.8 Å². The van der Waals surface area contributed by atoms with Crippen LogP contribution < -0.4 is 4.74 Å². The second kappa shape index (κ2) is 10.0. The zero-order valence-corrected chi connectivity index (χ0v) is 20.5. The Morgan fingerprint density at radius 3 is 2.82 bits per heavy atom. The van der Waals surface area contributed by atoms with E-state index < -0.39 is 6.17 Å². The first kappa shape index (κ1) is 24.0. The largest absolute Gasteiger partial charge is 0.495 e. The van der Waals surface area contributed by atoms with E-state index in [9.17, 15) is 4.79 Å². The van der Waals surface area contributed by atoms with E-state index in [2.05, 4.69) is 16.4 Å². The number of methoxy groups -OCH3 is 1. The Kier molecular flexibility index (Phi) is 7.06. The Balaban J connectivity index is 1.62. The number of nitrogens with zero attached hydrogens (tertiary/aromatic N) is 4. The zero-order chi connectivity index (χ0) is 24.4. The molecule has 0 saturated carbocycles. The maximum Gasteiger partial charge on any atom is 0.301 e. The summed E-state index contributed by atoms with van der Waals surface area (Å²) in [6.07, 6.45) is 4.55. The van der Waals surface area contributed by atoms with Crippen molar-refractivity contribution in [3.63, 3.8) is 0 Å². The van der Waals surface area contributed by atoms with E-state index in [1.54, 1.807) is 18.2 Å². The van der Waals surface area contributed by atoms with Crippen LogP contribution in [0.3, 0.4) is 0 Å². The summed E-state index contributed by atoms with van der Waals surface area (Å²) in [6, 6.07) is 7.72. The van der Waals surface area contributed by atoms with Crippen molar-refractivity contribution in [3.05, 3.63) is 76.0 Å². The van der Waals surface area contributed by atoms with Gasteiger partial charge in [-0.1, -0.05) is 42.8 Å². The molecule has 1 aliphatic rings. The normalized spacial score (nSPS) is 17.6. The summed E-state index contributed by atoms with van der Waals surface area (Å²) in [5.41, 5.74) is 3.36. The van der Waals surface area contributed by atoms with Gasteiger partial charge in [-0.05, 0) is 47.7 Å².